The maximum atomic E-state index is 12.1. The predicted octanol–water partition coefficient (Wildman–Crippen LogP) is 2.51. The first kappa shape index (κ1) is 20.0. The number of hydrogen-bond donors (Lipinski definition) is 2. The van der Waals surface area contributed by atoms with Crippen LogP contribution in [0.2, 0.25) is 0 Å². The number of nitrogens with zero attached hydrogens (tertiary/aromatic N) is 3. The molecule has 3 rings (SSSR count). The molecule has 2 aromatic rings. The minimum atomic E-state index is -0.498. The first-order valence-corrected chi connectivity index (χ1v) is 9.46. The Morgan fingerprint density at radius 1 is 1.29 bits per heavy atom. The van der Waals surface area contributed by atoms with Crippen LogP contribution in [-0.2, 0) is 4.74 Å². The lowest BCUT2D eigenvalue weighted by Gasteiger charge is -2.28. The molecule has 2 N–H and O–H groups in total. The van der Waals surface area contributed by atoms with Crippen LogP contribution in [0, 0.1) is 13.7 Å². The van der Waals surface area contributed by atoms with Crippen molar-refractivity contribution in [3.8, 4) is 5.75 Å². The Labute approximate surface area is 174 Å². The second kappa shape index (κ2) is 8.97. The van der Waals surface area contributed by atoms with Crippen LogP contribution in [-0.4, -0.2) is 48.5 Å². The Morgan fingerprint density at radius 2 is 2.04 bits per heavy atom. The molecule has 1 saturated heterocycles. The summed E-state index contributed by atoms with van der Waals surface area (Å²) in [4.78, 5) is 25.0. The Hall–Kier alpha value is -2.73. The van der Waals surface area contributed by atoms with E-state index in [0.29, 0.717) is 41.1 Å². The number of hydrazone groups is 1. The molecule has 0 atom stereocenters. The summed E-state index contributed by atoms with van der Waals surface area (Å²) < 4.78 is 5.91. The molecule has 1 aliphatic rings. The number of phenolic OH excluding ortho intramolecular Hbond substituents is 1. The van der Waals surface area contributed by atoms with Gasteiger partial charge in [0.1, 0.15) is 11.4 Å². The van der Waals surface area contributed by atoms with Crippen molar-refractivity contribution in [2.75, 3.05) is 31.2 Å². The highest BCUT2D eigenvalue weighted by molar-refractivity contribution is 14.1. The van der Waals surface area contributed by atoms with Gasteiger partial charge in [0.05, 0.1) is 27.9 Å². The maximum absolute atomic E-state index is 12.1. The van der Waals surface area contributed by atoms with Crippen LogP contribution in [0.1, 0.15) is 15.9 Å². The summed E-state index contributed by atoms with van der Waals surface area (Å²) in [5.41, 5.74) is 3.58. The average molecular weight is 496 g/mol. The van der Waals surface area contributed by atoms with Gasteiger partial charge in [-0.15, -0.1) is 0 Å². The summed E-state index contributed by atoms with van der Waals surface area (Å²) >= 11 is 1.95. The number of anilines is 1. The minimum Gasteiger partial charge on any atom is -0.507 e. The molecule has 0 aliphatic carbocycles. The largest absolute Gasteiger partial charge is 0.507 e. The van der Waals surface area contributed by atoms with Crippen molar-refractivity contribution >= 4 is 46.1 Å². The second-order valence-electron chi connectivity index (χ2n) is 5.97. The van der Waals surface area contributed by atoms with Crippen LogP contribution < -0.4 is 10.3 Å². The molecule has 28 heavy (non-hydrogen) atoms. The molecular weight excluding hydrogens is 479 g/mol. The van der Waals surface area contributed by atoms with Crippen LogP contribution in [0.4, 0.5) is 11.4 Å². The van der Waals surface area contributed by atoms with Crippen LogP contribution in [0.15, 0.2) is 41.5 Å². The third-order valence-corrected chi connectivity index (χ3v) is 5.05. The minimum absolute atomic E-state index is 0.00607. The monoisotopic (exact) mass is 496 g/mol. The number of aromatic hydroxyl groups is 1. The summed E-state index contributed by atoms with van der Waals surface area (Å²) in [6, 6.07) is 9.30. The highest BCUT2D eigenvalue weighted by Gasteiger charge is 2.21. The number of phenols is 1. The van der Waals surface area contributed by atoms with Gasteiger partial charge in [-0.05, 0) is 46.9 Å². The molecule has 2 aromatic carbocycles. The summed E-state index contributed by atoms with van der Waals surface area (Å²) in [7, 11) is 0. The quantitative estimate of drug-likeness (QED) is 0.285. The summed E-state index contributed by atoms with van der Waals surface area (Å²) in [5.74, 6) is -0.492. The average Bonchev–Trinajstić information content (AvgIpc) is 2.70. The number of ether oxygens (including phenoxy) is 1. The third-order valence-electron chi connectivity index (χ3n) is 4.14. The lowest BCUT2D eigenvalue weighted by atomic mass is 10.1. The molecule has 146 valence electrons. The van der Waals surface area contributed by atoms with E-state index in [4.69, 9.17) is 4.74 Å². The van der Waals surface area contributed by atoms with E-state index >= 15 is 0 Å². The first-order chi connectivity index (χ1) is 13.5. The molecular formula is C18H17IN4O5. The molecule has 1 amide bonds. The van der Waals surface area contributed by atoms with E-state index in [1.54, 1.807) is 24.3 Å². The number of hydrogen-bond acceptors (Lipinski definition) is 7. The fourth-order valence-corrected chi connectivity index (χ4v) is 3.06. The van der Waals surface area contributed by atoms with Gasteiger partial charge in [0.2, 0.25) is 0 Å². The van der Waals surface area contributed by atoms with Crippen LogP contribution in [0.25, 0.3) is 0 Å². The SMILES string of the molecule is O=C(N/N=C\c1ccc(N2CCOCC2)c([N+](=O)[O-])c1)c1ccc(I)c(O)c1. The van der Waals surface area contributed by atoms with Gasteiger partial charge in [-0.3, -0.25) is 14.9 Å². The van der Waals surface area contributed by atoms with Gasteiger partial charge in [-0.1, -0.05) is 6.07 Å². The fourth-order valence-electron chi connectivity index (χ4n) is 2.72. The summed E-state index contributed by atoms with van der Waals surface area (Å²) in [6.45, 7) is 2.24. The van der Waals surface area contributed by atoms with E-state index in [2.05, 4.69) is 10.5 Å². The zero-order valence-electron chi connectivity index (χ0n) is 14.7. The molecule has 1 aliphatic heterocycles. The summed E-state index contributed by atoms with van der Waals surface area (Å²) in [6.07, 6.45) is 1.33. The van der Waals surface area contributed by atoms with E-state index in [1.807, 2.05) is 27.5 Å². The zero-order valence-corrected chi connectivity index (χ0v) is 16.8. The van der Waals surface area contributed by atoms with Gasteiger partial charge in [0.15, 0.2) is 0 Å². The number of rotatable bonds is 5. The number of halogens is 1. The highest BCUT2D eigenvalue weighted by atomic mass is 127. The molecule has 1 fully saturated rings. The standard InChI is InChI=1S/C18H17IN4O5/c19-14-3-2-13(10-17(14)24)18(25)21-20-11-12-1-4-15(16(9-12)23(26)27)22-5-7-28-8-6-22/h1-4,9-11,24H,5-8H2,(H,21,25)/b20-11-. The number of carbonyl (C=O) groups is 1. The lowest BCUT2D eigenvalue weighted by molar-refractivity contribution is -0.384. The van der Waals surface area contributed by atoms with Gasteiger partial charge in [-0.2, -0.15) is 5.10 Å². The number of morpholine rings is 1. The Kier molecular flexibility index (Phi) is 6.41. The van der Waals surface area contributed by atoms with Crippen molar-refractivity contribution in [3.05, 3.63) is 61.2 Å². The Bertz CT molecular complexity index is 928. The number of carbonyl (C=O) groups excluding carboxylic acids is 1. The normalized spacial score (nSPS) is 14.2. The Balaban J connectivity index is 1.72. The second-order valence-corrected chi connectivity index (χ2v) is 7.13. The van der Waals surface area contributed by atoms with Crippen LogP contribution in [0.3, 0.4) is 0 Å². The van der Waals surface area contributed by atoms with Crippen molar-refractivity contribution in [3.63, 3.8) is 0 Å². The number of nitro benzene ring substituents is 1. The fraction of sp³-hybridized carbons (Fsp3) is 0.222. The lowest BCUT2D eigenvalue weighted by Crippen LogP contribution is -2.36. The maximum Gasteiger partial charge on any atom is 0.293 e. The first-order valence-electron chi connectivity index (χ1n) is 8.39. The molecule has 0 spiro atoms. The van der Waals surface area contributed by atoms with Gasteiger partial charge in [-0.25, -0.2) is 5.43 Å². The van der Waals surface area contributed by atoms with Gasteiger partial charge in [0.25, 0.3) is 11.6 Å². The van der Waals surface area contributed by atoms with Crippen molar-refractivity contribution < 1.29 is 19.6 Å². The van der Waals surface area contributed by atoms with E-state index in [1.165, 1.54) is 18.3 Å². The number of nitro groups is 1. The Morgan fingerprint density at radius 3 is 2.71 bits per heavy atom. The van der Waals surface area contributed by atoms with E-state index < -0.39 is 10.8 Å². The summed E-state index contributed by atoms with van der Waals surface area (Å²) in [5, 5.41) is 25.0. The number of nitrogens with one attached hydrogen (secondary N) is 1. The molecule has 0 radical (unpaired) electrons. The zero-order chi connectivity index (χ0) is 20.1. The molecule has 0 aromatic heterocycles. The van der Waals surface area contributed by atoms with E-state index in [0.717, 1.165) is 0 Å². The van der Waals surface area contributed by atoms with Crippen LogP contribution in [0.5, 0.6) is 5.75 Å². The molecule has 1 heterocycles. The van der Waals surface area contributed by atoms with Gasteiger partial charge >= 0.3 is 0 Å². The molecule has 0 bridgehead atoms. The van der Waals surface area contributed by atoms with E-state index in [9.17, 15) is 20.0 Å². The van der Waals surface area contributed by atoms with Gasteiger partial charge < -0.3 is 14.7 Å². The molecule has 0 unspecified atom stereocenters. The molecule has 9 nitrogen and oxygen atoms in total. The third kappa shape index (κ3) is 4.75. The van der Waals surface area contributed by atoms with Gasteiger partial charge in [0, 0.05) is 30.3 Å². The predicted molar refractivity (Wildman–Crippen MR) is 112 cm³/mol. The molecule has 10 heteroatoms. The van der Waals surface area contributed by atoms with Crippen molar-refractivity contribution in [2.45, 2.75) is 0 Å². The number of amides is 1. The van der Waals surface area contributed by atoms with Crippen LogP contribution >= 0.6 is 22.6 Å². The topological polar surface area (TPSA) is 117 Å². The van der Waals surface area contributed by atoms with Crippen molar-refractivity contribution in [2.24, 2.45) is 5.10 Å². The highest BCUT2D eigenvalue weighted by Crippen LogP contribution is 2.29. The van der Waals surface area contributed by atoms with Crippen molar-refractivity contribution in [1.82, 2.24) is 5.43 Å². The smallest absolute Gasteiger partial charge is 0.293 e. The molecule has 0 saturated carbocycles. The van der Waals surface area contributed by atoms with E-state index in [-0.39, 0.29) is 17.0 Å². The number of benzene rings is 2. The van der Waals surface area contributed by atoms with Crippen molar-refractivity contribution in [1.29, 1.82) is 0 Å².